The van der Waals surface area contributed by atoms with E-state index < -0.39 is 10.0 Å². The molecule has 1 heterocycles. The van der Waals surface area contributed by atoms with Crippen LogP contribution in [0, 0.1) is 5.92 Å². The maximum atomic E-state index is 11.5. The number of sulfonamides is 1. The first kappa shape index (κ1) is 15.3. The van der Waals surface area contributed by atoms with Crippen LogP contribution in [0.5, 0.6) is 0 Å². The van der Waals surface area contributed by atoms with E-state index in [1.54, 1.807) is 7.05 Å². The molecule has 0 radical (unpaired) electrons. The second-order valence-corrected chi connectivity index (χ2v) is 7.63. The molecule has 1 aliphatic heterocycles. The van der Waals surface area contributed by atoms with Crippen LogP contribution < -0.4 is 10.0 Å². The first-order valence-electron chi connectivity index (χ1n) is 6.77. The Morgan fingerprint density at radius 2 is 1.95 bits per heavy atom. The average molecular weight is 297 g/mol. The van der Waals surface area contributed by atoms with Gasteiger partial charge in [0.05, 0.1) is 11.9 Å². The zero-order valence-corrected chi connectivity index (χ0v) is 13.1. The number of anilines is 1. The lowest BCUT2D eigenvalue weighted by atomic mass is 10.00. The maximum Gasteiger partial charge on any atom is 0.231 e. The van der Waals surface area contributed by atoms with E-state index in [0.29, 0.717) is 17.6 Å². The van der Waals surface area contributed by atoms with E-state index in [-0.39, 0.29) is 0 Å². The number of likely N-dealkylation sites (tertiary alicyclic amines) is 1. The van der Waals surface area contributed by atoms with Gasteiger partial charge in [-0.2, -0.15) is 0 Å². The van der Waals surface area contributed by atoms with Crippen LogP contribution in [-0.4, -0.2) is 46.8 Å². The van der Waals surface area contributed by atoms with E-state index in [9.17, 15) is 8.42 Å². The molecule has 0 aromatic heterocycles. The fraction of sp³-hybridized carbons (Fsp3) is 0.571. The van der Waals surface area contributed by atoms with Crippen LogP contribution >= 0.6 is 0 Å². The molecule has 1 aromatic carbocycles. The molecule has 2 N–H and O–H groups in total. The third-order valence-corrected chi connectivity index (χ3v) is 5.31. The number of hydrogen-bond acceptors (Lipinski definition) is 4. The molecule has 112 valence electrons. The van der Waals surface area contributed by atoms with Crippen LogP contribution in [0.15, 0.2) is 24.3 Å². The van der Waals surface area contributed by atoms with Crippen LogP contribution in [0.2, 0.25) is 0 Å². The Labute approximate surface area is 121 Å². The Bertz CT molecular complexity index is 556. The summed E-state index contributed by atoms with van der Waals surface area (Å²) in [5.74, 6) is 0.545. The van der Waals surface area contributed by atoms with Crippen molar-refractivity contribution in [3.63, 3.8) is 0 Å². The van der Waals surface area contributed by atoms with Gasteiger partial charge >= 0.3 is 0 Å². The predicted octanol–water partition coefficient (Wildman–Crippen LogP) is 1.03. The van der Waals surface area contributed by atoms with Crippen molar-refractivity contribution in [2.45, 2.75) is 12.5 Å². The van der Waals surface area contributed by atoms with Gasteiger partial charge in [-0.25, -0.2) is 8.42 Å². The van der Waals surface area contributed by atoms with Gasteiger partial charge in [0.2, 0.25) is 10.0 Å². The molecular weight excluding hydrogens is 274 g/mol. The molecule has 6 heteroatoms. The van der Waals surface area contributed by atoms with Gasteiger partial charge in [-0.05, 0) is 43.6 Å². The molecule has 20 heavy (non-hydrogen) atoms. The standard InChI is InChI=1S/C14H23N3O2S/c1-16-10-11(9-15)8-14(16)12-4-6-13(7-5-12)17(2)20(3,18)19/h4-7,11,14H,8-10,15H2,1-3H3. The molecule has 0 bridgehead atoms. The minimum Gasteiger partial charge on any atom is -0.330 e. The summed E-state index contributed by atoms with van der Waals surface area (Å²) in [7, 11) is 0.469. The van der Waals surface area contributed by atoms with E-state index in [1.807, 2.05) is 24.3 Å². The van der Waals surface area contributed by atoms with E-state index in [2.05, 4.69) is 11.9 Å². The fourth-order valence-electron chi connectivity index (χ4n) is 2.76. The van der Waals surface area contributed by atoms with Crippen molar-refractivity contribution < 1.29 is 8.42 Å². The number of nitrogens with zero attached hydrogens (tertiary/aromatic N) is 2. The molecule has 1 fully saturated rings. The molecule has 1 saturated heterocycles. The first-order chi connectivity index (χ1) is 9.32. The summed E-state index contributed by atoms with van der Waals surface area (Å²) in [5, 5.41) is 0. The first-order valence-corrected chi connectivity index (χ1v) is 8.62. The topological polar surface area (TPSA) is 66.6 Å². The molecule has 0 aliphatic carbocycles. The van der Waals surface area contributed by atoms with Crippen LogP contribution in [0.25, 0.3) is 0 Å². The number of rotatable bonds is 4. The summed E-state index contributed by atoms with van der Waals surface area (Å²) in [4.78, 5) is 2.31. The van der Waals surface area contributed by atoms with Gasteiger partial charge < -0.3 is 5.73 Å². The van der Waals surface area contributed by atoms with Crippen LogP contribution in [0.4, 0.5) is 5.69 Å². The Balaban J connectivity index is 2.17. The van der Waals surface area contributed by atoms with Gasteiger partial charge in [0, 0.05) is 19.6 Å². The highest BCUT2D eigenvalue weighted by molar-refractivity contribution is 7.92. The number of benzene rings is 1. The van der Waals surface area contributed by atoms with Crippen molar-refractivity contribution in [1.82, 2.24) is 4.90 Å². The molecule has 0 spiro atoms. The third kappa shape index (κ3) is 3.13. The summed E-state index contributed by atoms with van der Waals surface area (Å²) in [6.07, 6.45) is 2.27. The minimum absolute atomic E-state index is 0.376. The Morgan fingerprint density at radius 3 is 2.40 bits per heavy atom. The van der Waals surface area contributed by atoms with Gasteiger partial charge in [-0.1, -0.05) is 12.1 Å². The molecule has 0 amide bonds. The third-order valence-electron chi connectivity index (χ3n) is 4.11. The van der Waals surface area contributed by atoms with Gasteiger partial charge in [-0.15, -0.1) is 0 Å². The lowest BCUT2D eigenvalue weighted by Gasteiger charge is -2.21. The molecular formula is C14H23N3O2S. The van der Waals surface area contributed by atoms with E-state index in [0.717, 1.165) is 19.5 Å². The minimum atomic E-state index is -3.20. The van der Waals surface area contributed by atoms with Crippen LogP contribution in [-0.2, 0) is 10.0 Å². The average Bonchev–Trinajstić information content (AvgIpc) is 2.78. The molecule has 5 nitrogen and oxygen atoms in total. The smallest absolute Gasteiger partial charge is 0.231 e. The van der Waals surface area contributed by atoms with Gasteiger partial charge in [-0.3, -0.25) is 9.21 Å². The zero-order valence-electron chi connectivity index (χ0n) is 12.3. The van der Waals surface area contributed by atoms with Gasteiger partial charge in [0.15, 0.2) is 0 Å². The normalized spacial score (nSPS) is 24.0. The summed E-state index contributed by atoms with van der Waals surface area (Å²) in [6.45, 7) is 1.74. The predicted molar refractivity (Wildman–Crippen MR) is 82.2 cm³/mol. The Hall–Kier alpha value is -1.11. The largest absolute Gasteiger partial charge is 0.330 e. The quantitative estimate of drug-likeness (QED) is 0.901. The summed E-state index contributed by atoms with van der Waals surface area (Å²) >= 11 is 0. The van der Waals surface area contributed by atoms with Crippen molar-refractivity contribution in [2.24, 2.45) is 11.7 Å². The molecule has 2 atom stereocenters. The molecule has 2 unspecified atom stereocenters. The van der Waals surface area contributed by atoms with Crippen molar-refractivity contribution in [2.75, 3.05) is 37.7 Å². The van der Waals surface area contributed by atoms with Crippen molar-refractivity contribution in [3.05, 3.63) is 29.8 Å². The van der Waals surface area contributed by atoms with Crippen LogP contribution in [0.1, 0.15) is 18.0 Å². The highest BCUT2D eigenvalue weighted by Crippen LogP contribution is 2.34. The van der Waals surface area contributed by atoms with Gasteiger partial charge in [0.25, 0.3) is 0 Å². The summed E-state index contributed by atoms with van der Waals surface area (Å²) in [5.41, 5.74) is 7.65. The molecule has 1 aromatic rings. The lowest BCUT2D eigenvalue weighted by Crippen LogP contribution is -2.24. The molecule has 2 rings (SSSR count). The SMILES string of the molecule is CN1CC(CN)CC1c1ccc(N(C)S(C)(=O)=O)cc1. The summed E-state index contributed by atoms with van der Waals surface area (Å²) in [6, 6.07) is 8.12. The zero-order chi connectivity index (χ0) is 14.9. The fourth-order valence-corrected chi connectivity index (χ4v) is 3.27. The molecule has 1 aliphatic rings. The maximum absolute atomic E-state index is 11.5. The number of hydrogen-bond donors (Lipinski definition) is 1. The summed E-state index contributed by atoms with van der Waals surface area (Å²) < 4.78 is 24.3. The Morgan fingerprint density at radius 1 is 1.35 bits per heavy atom. The van der Waals surface area contributed by atoms with Crippen molar-refractivity contribution >= 4 is 15.7 Å². The molecule has 0 saturated carbocycles. The monoisotopic (exact) mass is 297 g/mol. The van der Waals surface area contributed by atoms with Crippen molar-refractivity contribution in [3.8, 4) is 0 Å². The van der Waals surface area contributed by atoms with E-state index >= 15 is 0 Å². The second kappa shape index (κ2) is 5.71. The number of nitrogens with two attached hydrogens (primary N) is 1. The van der Waals surface area contributed by atoms with E-state index in [4.69, 9.17) is 5.73 Å². The second-order valence-electron chi connectivity index (χ2n) is 5.61. The van der Waals surface area contributed by atoms with E-state index in [1.165, 1.54) is 16.1 Å². The highest BCUT2D eigenvalue weighted by atomic mass is 32.2. The van der Waals surface area contributed by atoms with Crippen LogP contribution in [0.3, 0.4) is 0 Å². The lowest BCUT2D eigenvalue weighted by molar-refractivity contribution is 0.313. The highest BCUT2D eigenvalue weighted by Gasteiger charge is 2.29. The van der Waals surface area contributed by atoms with Crippen molar-refractivity contribution in [1.29, 1.82) is 0 Å². The van der Waals surface area contributed by atoms with Gasteiger partial charge in [0.1, 0.15) is 0 Å². The Kier molecular flexibility index (Phi) is 4.36.